The number of benzene rings is 4. The summed E-state index contributed by atoms with van der Waals surface area (Å²) < 4.78 is 1.79. The Morgan fingerprint density at radius 1 is 0.875 bits per heavy atom. The molecule has 1 amide bonds. The van der Waals surface area contributed by atoms with Crippen LogP contribution in [0.25, 0.3) is 21.7 Å². The van der Waals surface area contributed by atoms with Crippen LogP contribution in [0.15, 0.2) is 101 Å². The molecule has 4 aromatic carbocycles. The highest BCUT2D eigenvalue weighted by molar-refractivity contribution is 6.31. The topological polar surface area (TPSA) is 66.9 Å². The first-order chi connectivity index (χ1) is 15.6. The van der Waals surface area contributed by atoms with Crippen LogP contribution in [0, 0.1) is 0 Å². The normalized spacial score (nSPS) is 11.5. The fourth-order valence-electron chi connectivity index (χ4n) is 3.91. The van der Waals surface area contributed by atoms with Crippen LogP contribution in [0.3, 0.4) is 0 Å². The first-order valence-corrected chi connectivity index (χ1v) is 10.5. The molecule has 0 atom stereocenters. The van der Waals surface area contributed by atoms with Crippen molar-refractivity contribution in [3.63, 3.8) is 0 Å². The second-order valence-electron chi connectivity index (χ2n) is 7.43. The molecular formula is C26H18ClN3O2. The van der Waals surface area contributed by atoms with Gasteiger partial charge in [-0.3, -0.25) is 4.79 Å². The molecule has 5 rings (SSSR count). The van der Waals surface area contributed by atoms with Crippen molar-refractivity contribution in [2.75, 3.05) is 0 Å². The van der Waals surface area contributed by atoms with Crippen molar-refractivity contribution in [2.45, 2.75) is 6.54 Å². The second kappa shape index (κ2) is 8.29. The van der Waals surface area contributed by atoms with Gasteiger partial charge in [-0.25, -0.2) is 0 Å². The summed E-state index contributed by atoms with van der Waals surface area (Å²) in [6.45, 7) is 0.450. The summed E-state index contributed by atoms with van der Waals surface area (Å²) in [5.74, 6) is -0.570. The number of halogens is 1. The maximum atomic E-state index is 12.5. The van der Waals surface area contributed by atoms with Gasteiger partial charge in [-0.15, -0.1) is 10.2 Å². The number of carbonyl (C=O) groups is 1. The fourth-order valence-corrected chi connectivity index (χ4v) is 4.10. The minimum absolute atomic E-state index is 0.0400. The Balaban J connectivity index is 1.57. The van der Waals surface area contributed by atoms with Crippen LogP contribution in [0.4, 0.5) is 5.69 Å². The third-order valence-corrected chi connectivity index (χ3v) is 5.67. The van der Waals surface area contributed by atoms with E-state index < -0.39 is 5.91 Å². The Hall–Kier alpha value is -3.96. The number of azo groups is 1. The first kappa shape index (κ1) is 20.0. The van der Waals surface area contributed by atoms with Gasteiger partial charge >= 0.3 is 0 Å². The van der Waals surface area contributed by atoms with E-state index >= 15 is 0 Å². The van der Waals surface area contributed by atoms with E-state index in [-0.39, 0.29) is 11.6 Å². The number of para-hydroxylation sites is 1. The average molecular weight is 440 g/mol. The van der Waals surface area contributed by atoms with E-state index in [1.165, 1.54) is 6.07 Å². The molecule has 0 spiro atoms. The Bertz CT molecular complexity index is 1500. The van der Waals surface area contributed by atoms with Crippen LogP contribution < -0.4 is 0 Å². The highest BCUT2D eigenvalue weighted by atomic mass is 35.5. The molecule has 0 saturated carbocycles. The fraction of sp³-hybridized carbons (Fsp3) is 0.0385. The average Bonchev–Trinajstić information content (AvgIpc) is 3.08. The van der Waals surface area contributed by atoms with E-state index in [0.717, 1.165) is 21.9 Å². The lowest BCUT2D eigenvalue weighted by atomic mass is 10.0. The number of hydrogen-bond acceptors (Lipinski definition) is 3. The van der Waals surface area contributed by atoms with Crippen molar-refractivity contribution in [2.24, 2.45) is 10.2 Å². The number of rotatable bonds is 4. The maximum absolute atomic E-state index is 12.5. The number of aromatic nitrogens is 1. The third kappa shape index (κ3) is 3.63. The molecule has 0 unspecified atom stereocenters. The molecule has 1 aromatic heterocycles. The molecule has 0 aliphatic heterocycles. The number of hydrogen-bond donors (Lipinski definition) is 1. The van der Waals surface area contributed by atoms with Crippen molar-refractivity contribution in [3.8, 4) is 5.88 Å². The minimum Gasteiger partial charge on any atom is -0.493 e. The second-order valence-corrected chi connectivity index (χ2v) is 7.87. The van der Waals surface area contributed by atoms with Crippen LogP contribution in [0.1, 0.15) is 15.9 Å². The summed E-state index contributed by atoms with van der Waals surface area (Å²) >= 11 is 5.96. The predicted octanol–water partition coefficient (Wildman–Crippen LogP) is 7.13. The van der Waals surface area contributed by atoms with Crippen molar-refractivity contribution in [1.82, 2.24) is 4.57 Å². The molecule has 32 heavy (non-hydrogen) atoms. The standard InChI is InChI=1S/C26H18ClN3O2/c27-20-11-6-9-18(15-20)25(31)29-28-24-22-13-3-4-14-23(22)30(26(24)32)16-19-10-5-8-17-7-1-2-12-21(17)19/h1-15,32H,16H2. The molecule has 0 fully saturated rings. The zero-order valence-electron chi connectivity index (χ0n) is 16.9. The molecule has 5 nitrogen and oxygen atoms in total. The lowest BCUT2D eigenvalue weighted by molar-refractivity contribution is 0.0995. The van der Waals surface area contributed by atoms with Gasteiger partial charge in [0.15, 0.2) is 5.69 Å². The number of fused-ring (bicyclic) bond motifs is 2. The van der Waals surface area contributed by atoms with Crippen molar-refractivity contribution in [1.29, 1.82) is 0 Å². The van der Waals surface area contributed by atoms with E-state index in [1.54, 1.807) is 22.8 Å². The van der Waals surface area contributed by atoms with Gasteiger partial charge in [0.25, 0.3) is 5.91 Å². The minimum atomic E-state index is -0.530. The summed E-state index contributed by atoms with van der Waals surface area (Å²) in [5, 5.41) is 22.4. The zero-order valence-corrected chi connectivity index (χ0v) is 17.7. The number of carbonyl (C=O) groups excluding carboxylic acids is 1. The highest BCUT2D eigenvalue weighted by Crippen LogP contribution is 2.39. The summed E-state index contributed by atoms with van der Waals surface area (Å²) in [7, 11) is 0. The van der Waals surface area contributed by atoms with Crippen LogP contribution in [-0.4, -0.2) is 15.6 Å². The van der Waals surface area contributed by atoms with E-state index in [9.17, 15) is 9.90 Å². The van der Waals surface area contributed by atoms with Crippen molar-refractivity contribution in [3.05, 3.63) is 107 Å². The molecule has 5 aromatic rings. The number of nitrogens with zero attached hydrogens (tertiary/aromatic N) is 3. The van der Waals surface area contributed by atoms with Gasteiger partial charge < -0.3 is 9.67 Å². The van der Waals surface area contributed by atoms with Gasteiger partial charge in [0.2, 0.25) is 5.88 Å². The SMILES string of the molecule is O=C(N=Nc1c(O)n(Cc2cccc3ccccc23)c2ccccc12)c1cccc(Cl)c1. The lowest BCUT2D eigenvalue weighted by Gasteiger charge is -2.10. The van der Waals surface area contributed by atoms with E-state index in [4.69, 9.17) is 11.6 Å². The molecule has 1 N–H and O–H groups in total. The van der Waals surface area contributed by atoms with Crippen LogP contribution in [-0.2, 0) is 6.54 Å². The number of amides is 1. The van der Waals surface area contributed by atoms with Gasteiger partial charge in [0, 0.05) is 16.0 Å². The third-order valence-electron chi connectivity index (χ3n) is 5.44. The summed E-state index contributed by atoms with van der Waals surface area (Å²) in [6.07, 6.45) is 0. The molecule has 156 valence electrons. The summed E-state index contributed by atoms with van der Waals surface area (Å²) in [5.41, 5.74) is 2.47. The van der Waals surface area contributed by atoms with Gasteiger partial charge in [-0.2, -0.15) is 0 Å². The summed E-state index contributed by atoms with van der Waals surface area (Å²) in [4.78, 5) is 12.5. The maximum Gasteiger partial charge on any atom is 0.295 e. The Labute approximate surface area is 189 Å². The van der Waals surface area contributed by atoms with Gasteiger partial charge in [-0.05, 0) is 40.6 Å². The van der Waals surface area contributed by atoms with Gasteiger partial charge in [0.1, 0.15) is 0 Å². The molecule has 0 radical (unpaired) electrons. The predicted molar refractivity (Wildman–Crippen MR) is 127 cm³/mol. The van der Waals surface area contributed by atoms with E-state index in [0.29, 0.717) is 22.5 Å². The van der Waals surface area contributed by atoms with Gasteiger partial charge in [-0.1, -0.05) is 78.3 Å². The Morgan fingerprint density at radius 2 is 1.59 bits per heavy atom. The van der Waals surface area contributed by atoms with Crippen molar-refractivity contribution >= 4 is 44.9 Å². The van der Waals surface area contributed by atoms with Crippen molar-refractivity contribution < 1.29 is 9.90 Å². The van der Waals surface area contributed by atoms with Crippen LogP contribution >= 0.6 is 11.6 Å². The molecule has 0 aliphatic rings. The summed E-state index contributed by atoms with van der Waals surface area (Å²) in [6, 6.07) is 28.3. The van der Waals surface area contributed by atoms with Crippen LogP contribution in [0.5, 0.6) is 5.88 Å². The first-order valence-electron chi connectivity index (χ1n) is 10.1. The smallest absolute Gasteiger partial charge is 0.295 e. The zero-order chi connectivity index (χ0) is 22.1. The van der Waals surface area contributed by atoms with E-state index in [1.807, 2.05) is 48.5 Å². The molecule has 0 aliphatic carbocycles. The Morgan fingerprint density at radius 3 is 2.44 bits per heavy atom. The number of aromatic hydroxyl groups is 1. The lowest BCUT2D eigenvalue weighted by Crippen LogP contribution is -1.99. The highest BCUT2D eigenvalue weighted by Gasteiger charge is 2.18. The van der Waals surface area contributed by atoms with Gasteiger partial charge in [0.05, 0.1) is 12.1 Å². The molecule has 1 heterocycles. The molecule has 0 saturated heterocycles. The van der Waals surface area contributed by atoms with E-state index in [2.05, 4.69) is 28.4 Å². The quantitative estimate of drug-likeness (QED) is 0.303. The Kier molecular flexibility index (Phi) is 5.17. The van der Waals surface area contributed by atoms with Crippen LogP contribution in [0.2, 0.25) is 5.02 Å². The molecule has 0 bridgehead atoms. The monoisotopic (exact) mass is 439 g/mol. The largest absolute Gasteiger partial charge is 0.493 e. The molecular weight excluding hydrogens is 422 g/mol. The molecule has 6 heteroatoms.